The van der Waals surface area contributed by atoms with Gasteiger partial charge in [0.25, 0.3) is 0 Å². The number of anilines is 2. The second-order valence-corrected chi connectivity index (χ2v) is 11.8. The van der Waals surface area contributed by atoms with Gasteiger partial charge >= 0.3 is 5.69 Å². The molecule has 10 nitrogen and oxygen atoms in total. The lowest BCUT2D eigenvalue weighted by atomic mass is 10.0. The van der Waals surface area contributed by atoms with Gasteiger partial charge in [-0.15, -0.1) is 0 Å². The number of nitrogens with zero attached hydrogens (tertiary/aromatic N) is 6. The largest absolute Gasteiger partial charge is 0.355 e. The molecule has 0 aliphatic carbocycles. The predicted molar refractivity (Wildman–Crippen MR) is 168 cm³/mol. The first-order valence-corrected chi connectivity index (χ1v) is 14.7. The molecule has 220 valence electrons. The zero-order chi connectivity index (χ0) is 30.6. The highest BCUT2D eigenvalue weighted by atomic mass is 35.5. The molecular weight excluding hydrogens is 566 g/mol. The van der Waals surface area contributed by atoms with Crippen molar-refractivity contribution >= 4 is 46.0 Å². The van der Waals surface area contributed by atoms with Crippen molar-refractivity contribution in [2.45, 2.75) is 46.1 Å². The molecule has 43 heavy (non-hydrogen) atoms. The van der Waals surface area contributed by atoms with Crippen LogP contribution in [0.1, 0.15) is 43.5 Å². The Hall–Kier alpha value is -4.57. The number of piperazine rings is 1. The maximum atomic E-state index is 14.1. The Labute approximate surface area is 254 Å². The summed E-state index contributed by atoms with van der Waals surface area (Å²) in [6, 6.07) is 9.11. The maximum Gasteiger partial charge on any atom is 0.355 e. The number of carbonyl (C=O) groups is 2. The molecule has 2 aliphatic rings. The van der Waals surface area contributed by atoms with Crippen LogP contribution in [0, 0.1) is 6.92 Å². The van der Waals surface area contributed by atoms with E-state index in [1.54, 1.807) is 17.2 Å². The highest BCUT2D eigenvalue weighted by Crippen LogP contribution is 2.39. The van der Waals surface area contributed by atoms with Crippen molar-refractivity contribution in [1.29, 1.82) is 0 Å². The number of nitrogens with one attached hydrogen (secondary N) is 1. The fourth-order valence-corrected chi connectivity index (χ4v) is 6.33. The van der Waals surface area contributed by atoms with Gasteiger partial charge in [0.05, 0.1) is 33.9 Å². The number of aromatic nitrogens is 4. The number of hydrogen-bond donors (Lipinski definition) is 1. The van der Waals surface area contributed by atoms with Crippen LogP contribution in [-0.4, -0.2) is 61.9 Å². The molecule has 0 unspecified atom stereocenters. The highest BCUT2D eigenvalue weighted by Gasteiger charge is 2.31. The van der Waals surface area contributed by atoms with Crippen molar-refractivity contribution in [2.75, 3.05) is 29.9 Å². The summed E-state index contributed by atoms with van der Waals surface area (Å²) in [5.41, 5.74) is 4.85. The van der Waals surface area contributed by atoms with Gasteiger partial charge in [-0.25, -0.2) is 14.3 Å². The monoisotopic (exact) mass is 597 g/mol. The molecule has 1 N–H and O–H groups in total. The van der Waals surface area contributed by atoms with Crippen molar-refractivity contribution in [1.82, 2.24) is 24.4 Å². The van der Waals surface area contributed by atoms with E-state index in [1.165, 1.54) is 10.6 Å². The molecule has 0 spiro atoms. The summed E-state index contributed by atoms with van der Waals surface area (Å²) in [4.78, 5) is 56.8. The van der Waals surface area contributed by atoms with Crippen LogP contribution in [0.4, 0.5) is 11.5 Å². The van der Waals surface area contributed by atoms with Crippen LogP contribution in [0.5, 0.6) is 0 Å². The third-order valence-electron chi connectivity index (χ3n) is 8.15. The van der Waals surface area contributed by atoms with E-state index in [2.05, 4.69) is 21.9 Å². The van der Waals surface area contributed by atoms with Gasteiger partial charge in [-0.1, -0.05) is 44.2 Å². The van der Waals surface area contributed by atoms with Gasteiger partial charge in [0.1, 0.15) is 5.82 Å². The van der Waals surface area contributed by atoms with E-state index in [9.17, 15) is 14.4 Å². The first-order chi connectivity index (χ1) is 20.6. The van der Waals surface area contributed by atoms with E-state index in [1.807, 2.05) is 56.9 Å². The fourth-order valence-electron chi connectivity index (χ4n) is 6.07. The molecule has 6 rings (SSSR count). The second kappa shape index (κ2) is 10.9. The van der Waals surface area contributed by atoms with Crippen molar-refractivity contribution in [3.63, 3.8) is 0 Å². The lowest BCUT2D eigenvalue weighted by molar-refractivity contribution is -0.126. The molecule has 0 radical (unpaired) electrons. The first kappa shape index (κ1) is 28.5. The average Bonchev–Trinajstić information content (AvgIpc) is 3.37. The summed E-state index contributed by atoms with van der Waals surface area (Å²) in [5, 5.41) is 3.86. The third-order valence-corrected chi connectivity index (χ3v) is 8.44. The van der Waals surface area contributed by atoms with E-state index < -0.39 is 5.69 Å². The van der Waals surface area contributed by atoms with Gasteiger partial charge in [0.2, 0.25) is 11.8 Å². The van der Waals surface area contributed by atoms with Crippen molar-refractivity contribution in [2.24, 2.45) is 0 Å². The lowest BCUT2D eigenvalue weighted by Crippen LogP contribution is -2.54. The number of halogens is 1. The topological polar surface area (TPSA) is 113 Å². The summed E-state index contributed by atoms with van der Waals surface area (Å²) in [6.45, 7) is 13.0. The Balaban J connectivity index is 1.63. The number of aryl methyl sites for hydroxylation is 1. The van der Waals surface area contributed by atoms with Gasteiger partial charge in [-0.05, 0) is 55.2 Å². The van der Waals surface area contributed by atoms with Gasteiger partial charge in [0.15, 0.2) is 5.65 Å². The average molecular weight is 598 g/mol. The second-order valence-electron chi connectivity index (χ2n) is 11.3. The van der Waals surface area contributed by atoms with Crippen LogP contribution in [0.25, 0.3) is 28.0 Å². The van der Waals surface area contributed by atoms with Crippen molar-refractivity contribution in [3.8, 4) is 16.9 Å². The molecule has 11 heteroatoms. The SMILES string of the molecule is C=CC(=O)N1CCN(c2nc(=O)n(-c3c(C)ccnc3C(C)C)c3nc(-c4cccc5c4CC(=O)N5)c(Cl)cc23)[C@@H](C)C1. The minimum atomic E-state index is -0.492. The van der Waals surface area contributed by atoms with Crippen LogP contribution in [0.3, 0.4) is 0 Å². The zero-order valence-corrected chi connectivity index (χ0v) is 25.3. The number of carbonyl (C=O) groups excluding carboxylic acids is 2. The minimum Gasteiger partial charge on any atom is -0.350 e. The smallest absolute Gasteiger partial charge is 0.350 e. The molecule has 3 aromatic heterocycles. The zero-order valence-electron chi connectivity index (χ0n) is 24.5. The number of amides is 2. The van der Waals surface area contributed by atoms with Crippen molar-refractivity contribution < 1.29 is 9.59 Å². The van der Waals surface area contributed by atoms with Gasteiger partial charge < -0.3 is 15.1 Å². The first-order valence-electron chi connectivity index (χ1n) is 14.3. The van der Waals surface area contributed by atoms with Gasteiger partial charge in [-0.3, -0.25) is 14.6 Å². The van der Waals surface area contributed by atoms with Crippen LogP contribution in [0.15, 0.2) is 54.0 Å². The molecule has 1 fully saturated rings. The number of fused-ring (bicyclic) bond motifs is 2. The van der Waals surface area contributed by atoms with Crippen LogP contribution in [0.2, 0.25) is 5.02 Å². The molecule has 0 saturated carbocycles. The van der Waals surface area contributed by atoms with E-state index >= 15 is 0 Å². The summed E-state index contributed by atoms with van der Waals surface area (Å²) in [6.07, 6.45) is 3.26. The molecule has 1 atom stereocenters. The summed E-state index contributed by atoms with van der Waals surface area (Å²) >= 11 is 6.98. The molecular formula is C32H32ClN7O3. The Morgan fingerprint density at radius 3 is 2.70 bits per heavy atom. The molecule has 2 amide bonds. The maximum absolute atomic E-state index is 14.1. The van der Waals surface area contributed by atoms with Crippen LogP contribution >= 0.6 is 11.6 Å². The van der Waals surface area contributed by atoms with Gasteiger partial charge in [-0.2, -0.15) is 4.98 Å². The molecule has 0 bridgehead atoms. The quantitative estimate of drug-likeness (QED) is 0.333. The van der Waals surface area contributed by atoms with Gasteiger partial charge in [0, 0.05) is 43.1 Å². The molecule has 4 aromatic rings. The third kappa shape index (κ3) is 4.85. The summed E-state index contributed by atoms with van der Waals surface area (Å²) in [7, 11) is 0. The minimum absolute atomic E-state index is 0.0215. The number of benzene rings is 1. The van der Waals surface area contributed by atoms with Crippen LogP contribution in [-0.2, 0) is 16.0 Å². The van der Waals surface area contributed by atoms with E-state index in [0.29, 0.717) is 52.9 Å². The predicted octanol–water partition coefficient (Wildman–Crippen LogP) is 4.65. The molecule has 1 aromatic carbocycles. The highest BCUT2D eigenvalue weighted by molar-refractivity contribution is 6.34. The molecule has 2 aliphatic heterocycles. The number of rotatable bonds is 5. The van der Waals surface area contributed by atoms with Crippen LogP contribution < -0.4 is 15.9 Å². The Bertz CT molecular complexity index is 1880. The lowest BCUT2D eigenvalue weighted by Gasteiger charge is -2.40. The summed E-state index contributed by atoms with van der Waals surface area (Å²) in [5.74, 6) is 0.246. The van der Waals surface area contributed by atoms with E-state index in [0.717, 1.165) is 28.1 Å². The Morgan fingerprint density at radius 2 is 1.98 bits per heavy atom. The van der Waals surface area contributed by atoms with E-state index in [4.69, 9.17) is 16.6 Å². The number of hydrogen-bond acceptors (Lipinski definition) is 7. The Morgan fingerprint density at radius 1 is 1.19 bits per heavy atom. The standard InChI is InChI=1S/C32H32ClN7O3/c1-6-26(42)38-12-13-39(19(5)16-38)30-22-14-23(33)28(20-8-7-9-24-21(20)15-25(41)35-24)36-31(22)40(32(43)37-30)29-18(4)10-11-34-27(29)17(2)3/h6-11,14,17,19H,1,12-13,15-16H2,2-5H3,(H,35,41)/t19-/m0/s1. The molecule has 1 saturated heterocycles. The summed E-state index contributed by atoms with van der Waals surface area (Å²) < 4.78 is 1.53. The van der Waals surface area contributed by atoms with E-state index in [-0.39, 0.29) is 30.2 Å². The van der Waals surface area contributed by atoms with Crippen molar-refractivity contribution in [3.05, 3.63) is 81.5 Å². The fraction of sp³-hybridized carbons (Fsp3) is 0.312. The Kier molecular flexibility index (Phi) is 7.25. The normalized spacial score (nSPS) is 16.5. The molecule has 5 heterocycles. The number of pyridine rings is 2.